The predicted octanol–water partition coefficient (Wildman–Crippen LogP) is 1.86. The Hall–Kier alpha value is -2.41. The van der Waals surface area contributed by atoms with Gasteiger partial charge < -0.3 is 5.73 Å². The molecule has 0 saturated carbocycles. The van der Waals surface area contributed by atoms with E-state index in [4.69, 9.17) is 5.73 Å². The number of aryl methyl sites for hydroxylation is 1. The molecule has 0 radical (unpaired) electrons. The molecule has 0 atom stereocenters. The number of amides is 1. The number of nitrogens with two attached hydrogens (primary N) is 1. The van der Waals surface area contributed by atoms with Crippen LogP contribution < -0.4 is 11.1 Å². The van der Waals surface area contributed by atoms with Gasteiger partial charge in [-0.05, 0) is 29.7 Å². The molecule has 0 aliphatic rings. The fourth-order valence-corrected chi connectivity index (χ4v) is 2.68. The van der Waals surface area contributed by atoms with Crippen molar-refractivity contribution >= 4 is 39.0 Å². The molecule has 1 aromatic carbocycles. The number of aromatic nitrogens is 3. The number of anilines is 2. The van der Waals surface area contributed by atoms with Crippen molar-refractivity contribution in [3.05, 3.63) is 35.5 Å². The summed E-state index contributed by atoms with van der Waals surface area (Å²) in [5.74, 6) is 0.220. The molecule has 0 spiro atoms. The molecule has 2 heterocycles. The molecule has 2 aromatic heterocycles. The number of thiophene rings is 1. The minimum atomic E-state index is -0.198. The SMILES string of the molecule is Cn1ncnc1NC(=O)c1cc2cc(N)ccc2s1. The number of carbonyl (C=O) groups is 1. The van der Waals surface area contributed by atoms with Gasteiger partial charge in [-0.25, -0.2) is 4.68 Å². The molecule has 19 heavy (non-hydrogen) atoms. The number of benzene rings is 1. The highest BCUT2D eigenvalue weighted by atomic mass is 32.1. The summed E-state index contributed by atoms with van der Waals surface area (Å²) in [5.41, 5.74) is 6.41. The Bertz CT molecular complexity index is 760. The molecule has 3 N–H and O–H groups in total. The first-order valence-electron chi connectivity index (χ1n) is 5.58. The van der Waals surface area contributed by atoms with Crippen LogP contribution in [-0.4, -0.2) is 20.7 Å². The van der Waals surface area contributed by atoms with Gasteiger partial charge in [0.2, 0.25) is 5.95 Å². The van der Waals surface area contributed by atoms with Gasteiger partial charge in [-0.3, -0.25) is 10.1 Å². The van der Waals surface area contributed by atoms with Crippen molar-refractivity contribution in [1.29, 1.82) is 0 Å². The Kier molecular flexibility index (Phi) is 2.68. The second-order valence-electron chi connectivity index (χ2n) is 4.07. The first-order valence-corrected chi connectivity index (χ1v) is 6.39. The number of carbonyl (C=O) groups excluding carboxylic acids is 1. The number of nitrogens with one attached hydrogen (secondary N) is 1. The van der Waals surface area contributed by atoms with Crippen LogP contribution in [-0.2, 0) is 7.05 Å². The Labute approximate surface area is 112 Å². The zero-order valence-electron chi connectivity index (χ0n) is 10.1. The smallest absolute Gasteiger partial charge is 0.268 e. The van der Waals surface area contributed by atoms with Crippen LogP contribution in [0.1, 0.15) is 9.67 Å². The number of nitrogens with zero attached hydrogens (tertiary/aromatic N) is 3. The standard InChI is InChI=1S/C12H11N5OS/c1-17-12(14-6-15-17)16-11(18)10-5-7-4-8(13)2-3-9(7)19-10/h2-6H,13H2,1H3,(H,14,15,16,18). The van der Waals surface area contributed by atoms with Gasteiger partial charge in [-0.15, -0.1) is 11.3 Å². The molecule has 0 aliphatic heterocycles. The van der Waals surface area contributed by atoms with Crippen molar-refractivity contribution in [3.8, 4) is 0 Å². The normalized spacial score (nSPS) is 10.8. The lowest BCUT2D eigenvalue weighted by Gasteiger charge is -2.00. The Morgan fingerprint density at radius 2 is 2.26 bits per heavy atom. The molecule has 0 fully saturated rings. The Balaban J connectivity index is 1.91. The third-order valence-electron chi connectivity index (χ3n) is 2.70. The van der Waals surface area contributed by atoms with Crippen molar-refractivity contribution in [2.45, 2.75) is 0 Å². The minimum absolute atomic E-state index is 0.198. The van der Waals surface area contributed by atoms with Crippen LogP contribution in [0.3, 0.4) is 0 Å². The molecule has 3 aromatic rings. The lowest BCUT2D eigenvalue weighted by molar-refractivity contribution is 0.102. The average molecular weight is 273 g/mol. The van der Waals surface area contributed by atoms with E-state index in [0.717, 1.165) is 10.1 Å². The summed E-state index contributed by atoms with van der Waals surface area (Å²) >= 11 is 1.42. The number of nitrogen functional groups attached to an aromatic ring is 1. The van der Waals surface area contributed by atoms with Crippen LogP contribution in [0.4, 0.5) is 11.6 Å². The first-order chi connectivity index (χ1) is 9.13. The van der Waals surface area contributed by atoms with Gasteiger partial charge in [0.1, 0.15) is 6.33 Å². The van der Waals surface area contributed by atoms with E-state index >= 15 is 0 Å². The van der Waals surface area contributed by atoms with Gasteiger partial charge >= 0.3 is 0 Å². The number of fused-ring (bicyclic) bond motifs is 1. The topological polar surface area (TPSA) is 85.8 Å². The van der Waals surface area contributed by atoms with Crippen LogP contribution in [0, 0.1) is 0 Å². The molecule has 1 amide bonds. The lowest BCUT2D eigenvalue weighted by atomic mass is 10.2. The highest BCUT2D eigenvalue weighted by Gasteiger charge is 2.12. The Morgan fingerprint density at radius 3 is 3.00 bits per heavy atom. The number of hydrogen-bond donors (Lipinski definition) is 2. The summed E-state index contributed by atoms with van der Waals surface area (Å²) in [6.07, 6.45) is 1.39. The predicted molar refractivity (Wildman–Crippen MR) is 75.2 cm³/mol. The van der Waals surface area contributed by atoms with Crippen LogP contribution >= 0.6 is 11.3 Å². The number of rotatable bonds is 2. The monoisotopic (exact) mass is 273 g/mol. The molecular weight excluding hydrogens is 262 g/mol. The summed E-state index contributed by atoms with van der Waals surface area (Å²) in [7, 11) is 1.72. The molecule has 6 nitrogen and oxygen atoms in total. The van der Waals surface area contributed by atoms with Crippen LogP contribution in [0.2, 0.25) is 0 Å². The largest absolute Gasteiger partial charge is 0.399 e. The van der Waals surface area contributed by atoms with E-state index in [1.165, 1.54) is 22.3 Å². The van der Waals surface area contributed by atoms with Crippen LogP contribution in [0.15, 0.2) is 30.6 Å². The maximum absolute atomic E-state index is 12.1. The zero-order chi connectivity index (χ0) is 13.4. The van der Waals surface area contributed by atoms with Crippen molar-refractivity contribution in [2.75, 3.05) is 11.1 Å². The molecule has 0 bridgehead atoms. The summed E-state index contributed by atoms with van der Waals surface area (Å²) in [6, 6.07) is 7.41. The van der Waals surface area contributed by atoms with Crippen molar-refractivity contribution in [1.82, 2.24) is 14.8 Å². The molecule has 0 aliphatic carbocycles. The van der Waals surface area contributed by atoms with Gasteiger partial charge in [-0.2, -0.15) is 10.1 Å². The quantitative estimate of drug-likeness (QED) is 0.698. The summed E-state index contributed by atoms with van der Waals surface area (Å²) in [4.78, 5) is 16.7. The summed E-state index contributed by atoms with van der Waals surface area (Å²) in [6.45, 7) is 0. The second kappa shape index (κ2) is 4.36. The lowest BCUT2D eigenvalue weighted by Crippen LogP contribution is -2.13. The maximum Gasteiger partial charge on any atom is 0.268 e. The minimum Gasteiger partial charge on any atom is -0.399 e. The molecule has 0 saturated heterocycles. The van der Waals surface area contributed by atoms with Gasteiger partial charge in [-0.1, -0.05) is 0 Å². The Morgan fingerprint density at radius 1 is 1.42 bits per heavy atom. The second-order valence-corrected chi connectivity index (χ2v) is 5.15. The maximum atomic E-state index is 12.1. The molecular formula is C12H11N5OS. The van der Waals surface area contributed by atoms with Crippen molar-refractivity contribution in [3.63, 3.8) is 0 Å². The van der Waals surface area contributed by atoms with E-state index < -0.39 is 0 Å². The fourth-order valence-electron chi connectivity index (χ4n) is 1.75. The number of hydrogen-bond acceptors (Lipinski definition) is 5. The van der Waals surface area contributed by atoms with E-state index in [2.05, 4.69) is 15.4 Å². The van der Waals surface area contributed by atoms with Gasteiger partial charge in [0.05, 0.1) is 4.88 Å². The highest BCUT2D eigenvalue weighted by Crippen LogP contribution is 2.27. The van der Waals surface area contributed by atoms with E-state index in [0.29, 0.717) is 16.5 Å². The van der Waals surface area contributed by atoms with E-state index in [1.54, 1.807) is 7.05 Å². The van der Waals surface area contributed by atoms with Crippen LogP contribution in [0.25, 0.3) is 10.1 Å². The fraction of sp³-hybridized carbons (Fsp3) is 0.0833. The van der Waals surface area contributed by atoms with Gasteiger partial charge in [0.25, 0.3) is 5.91 Å². The average Bonchev–Trinajstić information content (AvgIpc) is 2.96. The van der Waals surface area contributed by atoms with E-state index in [-0.39, 0.29) is 5.91 Å². The van der Waals surface area contributed by atoms with Crippen LogP contribution in [0.5, 0.6) is 0 Å². The van der Waals surface area contributed by atoms with Gasteiger partial charge in [0.15, 0.2) is 0 Å². The molecule has 96 valence electrons. The van der Waals surface area contributed by atoms with Crippen molar-refractivity contribution < 1.29 is 4.79 Å². The van der Waals surface area contributed by atoms with E-state index in [9.17, 15) is 4.79 Å². The highest BCUT2D eigenvalue weighted by molar-refractivity contribution is 7.20. The van der Waals surface area contributed by atoms with E-state index in [1.807, 2.05) is 24.3 Å². The molecule has 7 heteroatoms. The summed E-state index contributed by atoms with van der Waals surface area (Å²) < 4.78 is 2.53. The zero-order valence-corrected chi connectivity index (χ0v) is 10.9. The third kappa shape index (κ3) is 2.15. The third-order valence-corrected chi connectivity index (χ3v) is 3.82. The first kappa shape index (κ1) is 11.7. The summed E-state index contributed by atoms with van der Waals surface area (Å²) in [5, 5.41) is 7.57. The molecule has 0 unspecified atom stereocenters. The van der Waals surface area contributed by atoms with Crippen molar-refractivity contribution in [2.24, 2.45) is 7.05 Å². The molecule has 3 rings (SSSR count). The van der Waals surface area contributed by atoms with Gasteiger partial charge in [0, 0.05) is 17.4 Å².